The summed E-state index contributed by atoms with van der Waals surface area (Å²) in [6.07, 6.45) is 0.609. The zero-order valence-corrected chi connectivity index (χ0v) is 11.9. The van der Waals surface area contributed by atoms with Crippen LogP contribution in [0.4, 0.5) is 0 Å². The zero-order valence-electron chi connectivity index (χ0n) is 10.3. The van der Waals surface area contributed by atoms with Gasteiger partial charge in [-0.05, 0) is 17.7 Å². The minimum atomic E-state index is 0.269. The molecule has 1 aliphatic heterocycles. The Hall–Kier alpha value is -1.14. The van der Waals surface area contributed by atoms with E-state index in [9.17, 15) is 5.11 Å². The van der Waals surface area contributed by atoms with E-state index in [0.717, 1.165) is 22.9 Å². The molecule has 0 spiro atoms. The Balaban J connectivity index is 1.68. The summed E-state index contributed by atoms with van der Waals surface area (Å²) >= 11 is 3.84. The van der Waals surface area contributed by atoms with Crippen LogP contribution in [0.3, 0.4) is 0 Å². The fourth-order valence-electron chi connectivity index (χ4n) is 1.90. The van der Waals surface area contributed by atoms with Crippen molar-refractivity contribution < 1.29 is 9.63 Å². The van der Waals surface area contributed by atoms with Gasteiger partial charge in [0.2, 0.25) is 5.89 Å². The number of aromatic hydroxyl groups is 1. The SMILES string of the molecule is Oc1ccc(Cc2nc(C3CSCCS3)no2)cc1. The van der Waals surface area contributed by atoms with Crippen LogP contribution in [0.15, 0.2) is 28.8 Å². The lowest BCUT2D eigenvalue weighted by Crippen LogP contribution is -2.08. The Kier molecular flexibility index (Phi) is 3.98. The molecular formula is C13H14N2O2S2. The fourth-order valence-corrected chi connectivity index (χ4v) is 4.48. The van der Waals surface area contributed by atoms with E-state index in [4.69, 9.17) is 4.52 Å². The van der Waals surface area contributed by atoms with Crippen molar-refractivity contribution in [3.8, 4) is 5.75 Å². The summed E-state index contributed by atoms with van der Waals surface area (Å²) in [5.74, 6) is 5.13. The highest BCUT2D eigenvalue weighted by molar-refractivity contribution is 8.06. The first kappa shape index (κ1) is 12.9. The van der Waals surface area contributed by atoms with Crippen LogP contribution in [0.1, 0.15) is 22.5 Å². The molecule has 6 heteroatoms. The smallest absolute Gasteiger partial charge is 0.231 e. The number of rotatable bonds is 3. The molecule has 100 valence electrons. The van der Waals surface area contributed by atoms with Crippen LogP contribution < -0.4 is 0 Å². The predicted molar refractivity (Wildman–Crippen MR) is 77.7 cm³/mol. The number of nitrogens with zero attached hydrogens (tertiary/aromatic N) is 2. The van der Waals surface area contributed by atoms with Gasteiger partial charge in [0.15, 0.2) is 5.82 Å². The van der Waals surface area contributed by atoms with Crippen LogP contribution in [0.5, 0.6) is 5.75 Å². The van der Waals surface area contributed by atoms with Crippen LogP contribution >= 0.6 is 23.5 Å². The third-order valence-corrected chi connectivity index (χ3v) is 5.63. The van der Waals surface area contributed by atoms with Crippen LogP contribution in [0.25, 0.3) is 0 Å². The lowest BCUT2D eigenvalue weighted by atomic mass is 10.1. The van der Waals surface area contributed by atoms with Crippen LogP contribution in [0, 0.1) is 0 Å². The van der Waals surface area contributed by atoms with Crippen molar-refractivity contribution >= 4 is 23.5 Å². The Morgan fingerprint density at radius 3 is 2.84 bits per heavy atom. The van der Waals surface area contributed by atoms with Crippen molar-refractivity contribution in [1.29, 1.82) is 0 Å². The molecule has 1 aromatic heterocycles. The van der Waals surface area contributed by atoms with Crippen LogP contribution in [-0.4, -0.2) is 32.5 Å². The predicted octanol–water partition coefficient (Wildman–Crippen LogP) is 2.89. The van der Waals surface area contributed by atoms with Gasteiger partial charge < -0.3 is 9.63 Å². The van der Waals surface area contributed by atoms with Gasteiger partial charge in [0.1, 0.15) is 5.75 Å². The van der Waals surface area contributed by atoms with Gasteiger partial charge in [-0.1, -0.05) is 17.3 Å². The first-order valence-electron chi connectivity index (χ1n) is 6.11. The summed E-state index contributed by atoms with van der Waals surface area (Å²) < 4.78 is 5.31. The Labute approximate surface area is 120 Å². The molecule has 0 bridgehead atoms. The summed E-state index contributed by atoms with van der Waals surface area (Å²) in [4.78, 5) is 4.48. The van der Waals surface area contributed by atoms with Gasteiger partial charge in [0.25, 0.3) is 0 Å². The molecule has 3 rings (SSSR count). The quantitative estimate of drug-likeness (QED) is 0.939. The Morgan fingerprint density at radius 2 is 2.11 bits per heavy atom. The fraction of sp³-hybridized carbons (Fsp3) is 0.385. The standard InChI is InChI=1S/C13H14N2O2S2/c16-10-3-1-9(2-4-10)7-12-14-13(15-17-12)11-8-18-5-6-19-11/h1-4,11,16H,5-8H2. The lowest BCUT2D eigenvalue weighted by Gasteiger charge is -2.16. The molecule has 1 saturated heterocycles. The highest BCUT2D eigenvalue weighted by atomic mass is 32.2. The summed E-state index contributed by atoms with van der Waals surface area (Å²) in [5.41, 5.74) is 1.05. The first-order valence-corrected chi connectivity index (χ1v) is 8.31. The number of aromatic nitrogens is 2. The summed E-state index contributed by atoms with van der Waals surface area (Å²) in [6, 6.07) is 7.06. The second kappa shape index (κ2) is 5.88. The number of hydrogen-bond donors (Lipinski definition) is 1. The van der Waals surface area contributed by atoms with E-state index in [0.29, 0.717) is 17.6 Å². The molecule has 2 aromatic rings. The highest BCUT2D eigenvalue weighted by Crippen LogP contribution is 2.35. The van der Waals surface area contributed by atoms with Crippen molar-refractivity contribution in [2.24, 2.45) is 0 Å². The molecule has 1 aliphatic rings. The molecule has 1 atom stereocenters. The number of phenolic OH excluding ortho intramolecular Hbond substituents is 1. The molecule has 1 fully saturated rings. The molecule has 0 radical (unpaired) electrons. The third-order valence-electron chi connectivity index (χ3n) is 2.88. The van der Waals surface area contributed by atoms with E-state index < -0.39 is 0 Å². The Bertz CT molecular complexity index is 536. The molecule has 2 heterocycles. The summed E-state index contributed by atoms with van der Waals surface area (Å²) in [6.45, 7) is 0. The minimum Gasteiger partial charge on any atom is -0.508 e. The molecular weight excluding hydrogens is 280 g/mol. The third kappa shape index (κ3) is 3.25. The normalized spacial score (nSPS) is 19.5. The maximum atomic E-state index is 9.24. The second-order valence-electron chi connectivity index (χ2n) is 4.32. The van der Waals surface area contributed by atoms with Gasteiger partial charge in [-0.25, -0.2) is 0 Å². The molecule has 4 nitrogen and oxygen atoms in total. The van der Waals surface area contributed by atoms with E-state index in [2.05, 4.69) is 10.1 Å². The van der Waals surface area contributed by atoms with E-state index >= 15 is 0 Å². The second-order valence-corrected chi connectivity index (χ2v) is 6.78. The maximum absolute atomic E-state index is 9.24. The van der Waals surface area contributed by atoms with Crippen molar-refractivity contribution in [2.45, 2.75) is 11.7 Å². The van der Waals surface area contributed by atoms with Crippen molar-refractivity contribution in [3.05, 3.63) is 41.5 Å². The van der Waals surface area contributed by atoms with E-state index in [1.807, 2.05) is 35.7 Å². The molecule has 1 N–H and O–H groups in total. The lowest BCUT2D eigenvalue weighted by molar-refractivity contribution is 0.379. The highest BCUT2D eigenvalue weighted by Gasteiger charge is 2.21. The number of benzene rings is 1. The van der Waals surface area contributed by atoms with Gasteiger partial charge in [0, 0.05) is 17.3 Å². The van der Waals surface area contributed by atoms with Gasteiger partial charge in [-0.2, -0.15) is 16.7 Å². The van der Waals surface area contributed by atoms with Gasteiger partial charge in [-0.3, -0.25) is 0 Å². The van der Waals surface area contributed by atoms with Crippen LogP contribution in [-0.2, 0) is 6.42 Å². The average Bonchev–Trinajstić information content (AvgIpc) is 2.91. The topological polar surface area (TPSA) is 59.2 Å². The number of hydrogen-bond acceptors (Lipinski definition) is 6. The zero-order chi connectivity index (χ0) is 13.1. The van der Waals surface area contributed by atoms with Gasteiger partial charge >= 0.3 is 0 Å². The average molecular weight is 294 g/mol. The molecule has 0 amide bonds. The van der Waals surface area contributed by atoms with E-state index in [1.54, 1.807) is 12.1 Å². The largest absolute Gasteiger partial charge is 0.508 e. The number of thioether (sulfide) groups is 2. The maximum Gasteiger partial charge on any atom is 0.231 e. The monoisotopic (exact) mass is 294 g/mol. The van der Waals surface area contributed by atoms with Gasteiger partial charge in [0.05, 0.1) is 11.7 Å². The van der Waals surface area contributed by atoms with Crippen molar-refractivity contribution in [2.75, 3.05) is 17.3 Å². The first-order chi connectivity index (χ1) is 9.31. The minimum absolute atomic E-state index is 0.269. The molecule has 1 unspecified atom stereocenters. The number of phenols is 1. The van der Waals surface area contributed by atoms with Gasteiger partial charge in [-0.15, -0.1) is 11.8 Å². The molecule has 1 aromatic carbocycles. The van der Waals surface area contributed by atoms with Crippen molar-refractivity contribution in [1.82, 2.24) is 10.1 Å². The Morgan fingerprint density at radius 1 is 1.26 bits per heavy atom. The van der Waals surface area contributed by atoms with Crippen molar-refractivity contribution in [3.63, 3.8) is 0 Å². The molecule has 19 heavy (non-hydrogen) atoms. The summed E-state index contributed by atoms with van der Waals surface area (Å²) in [7, 11) is 0. The summed E-state index contributed by atoms with van der Waals surface area (Å²) in [5, 5.41) is 13.7. The molecule has 0 aliphatic carbocycles. The van der Waals surface area contributed by atoms with E-state index in [1.165, 1.54) is 5.75 Å². The van der Waals surface area contributed by atoms with Crippen LogP contribution in [0.2, 0.25) is 0 Å². The van der Waals surface area contributed by atoms with E-state index in [-0.39, 0.29) is 5.75 Å². The molecule has 0 saturated carbocycles.